The van der Waals surface area contributed by atoms with Gasteiger partial charge in [0.05, 0.1) is 23.1 Å². The molecule has 9 heteroatoms. The molecule has 0 aliphatic carbocycles. The normalized spacial score (nSPS) is 10.8. The zero-order chi connectivity index (χ0) is 20.1. The number of benzene rings is 2. The van der Waals surface area contributed by atoms with Crippen LogP contribution in [0.1, 0.15) is 26.5 Å². The van der Waals surface area contributed by atoms with Crippen molar-refractivity contribution in [3.05, 3.63) is 86.2 Å². The topological polar surface area (TPSA) is 80.9 Å². The molecule has 0 saturated heterocycles. The number of esters is 1. The highest BCUT2D eigenvalue weighted by Gasteiger charge is 2.14. The standard InChI is InChI=1S/C19H11BrCl2N2O4/c20-12-3-6-16(28-19(26)17-2-1-7-27-17)11(8-12)10-23-24-18(25)14-5-4-13(21)9-15(14)22/h1-10H,(H,24,25)/b23-10-. The predicted octanol–water partition coefficient (Wildman–Crippen LogP) is 5.33. The summed E-state index contributed by atoms with van der Waals surface area (Å²) in [5.74, 6) is -0.857. The van der Waals surface area contributed by atoms with Gasteiger partial charge in [0.25, 0.3) is 5.91 Å². The van der Waals surface area contributed by atoms with Crippen molar-refractivity contribution in [2.24, 2.45) is 5.10 Å². The van der Waals surface area contributed by atoms with Crippen LogP contribution in [0.25, 0.3) is 0 Å². The number of carbonyl (C=O) groups is 2. The summed E-state index contributed by atoms with van der Waals surface area (Å²) in [7, 11) is 0. The summed E-state index contributed by atoms with van der Waals surface area (Å²) < 4.78 is 11.1. The lowest BCUT2D eigenvalue weighted by Crippen LogP contribution is -2.18. The first-order valence-corrected chi connectivity index (χ1v) is 9.32. The van der Waals surface area contributed by atoms with E-state index in [1.807, 2.05) is 0 Å². The number of hydrogen-bond acceptors (Lipinski definition) is 5. The number of nitrogens with zero attached hydrogens (tertiary/aromatic N) is 1. The quantitative estimate of drug-likeness (QED) is 0.231. The van der Waals surface area contributed by atoms with Gasteiger partial charge in [-0.15, -0.1) is 0 Å². The number of hydrogen-bond donors (Lipinski definition) is 1. The first-order chi connectivity index (χ1) is 13.4. The van der Waals surface area contributed by atoms with Crippen LogP contribution < -0.4 is 10.2 Å². The first-order valence-electron chi connectivity index (χ1n) is 7.78. The number of halogens is 3. The summed E-state index contributed by atoms with van der Waals surface area (Å²) in [6.45, 7) is 0. The molecule has 0 spiro atoms. The average Bonchev–Trinajstić information content (AvgIpc) is 3.18. The highest BCUT2D eigenvalue weighted by Crippen LogP contribution is 2.23. The zero-order valence-corrected chi connectivity index (χ0v) is 17.1. The number of amides is 1. The Balaban J connectivity index is 1.75. The van der Waals surface area contributed by atoms with Crippen LogP contribution in [0.2, 0.25) is 10.0 Å². The van der Waals surface area contributed by atoms with Crippen molar-refractivity contribution < 1.29 is 18.7 Å². The molecular weight excluding hydrogens is 471 g/mol. The van der Waals surface area contributed by atoms with E-state index in [1.165, 1.54) is 30.7 Å². The molecule has 3 rings (SSSR count). The second-order valence-electron chi connectivity index (χ2n) is 5.37. The SMILES string of the molecule is O=C(Oc1ccc(Br)cc1/C=N\NC(=O)c1ccc(Cl)cc1Cl)c1ccco1. The van der Waals surface area contributed by atoms with Gasteiger partial charge in [-0.3, -0.25) is 4.79 Å². The third-order valence-electron chi connectivity index (χ3n) is 3.44. The predicted molar refractivity (Wildman–Crippen MR) is 109 cm³/mol. The molecule has 0 bridgehead atoms. The molecule has 3 aromatic rings. The zero-order valence-electron chi connectivity index (χ0n) is 14.0. The van der Waals surface area contributed by atoms with Crippen LogP contribution in [-0.4, -0.2) is 18.1 Å². The summed E-state index contributed by atoms with van der Waals surface area (Å²) in [6, 6.07) is 12.5. The molecule has 28 heavy (non-hydrogen) atoms. The first kappa shape index (κ1) is 20.1. The minimum Gasteiger partial charge on any atom is -0.457 e. The Bertz CT molecular complexity index is 1050. The smallest absolute Gasteiger partial charge is 0.379 e. The Morgan fingerprint density at radius 1 is 1.14 bits per heavy atom. The maximum Gasteiger partial charge on any atom is 0.379 e. The molecule has 1 amide bonds. The summed E-state index contributed by atoms with van der Waals surface area (Å²) in [6.07, 6.45) is 2.72. The second-order valence-corrected chi connectivity index (χ2v) is 7.13. The molecule has 0 fully saturated rings. The van der Waals surface area contributed by atoms with Crippen molar-refractivity contribution >= 4 is 57.2 Å². The molecule has 0 unspecified atom stereocenters. The Kier molecular flexibility index (Phi) is 6.51. The van der Waals surface area contributed by atoms with E-state index in [4.69, 9.17) is 32.4 Å². The fraction of sp³-hybridized carbons (Fsp3) is 0. The Hall–Kier alpha value is -2.61. The van der Waals surface area contributed by atoms with Crippen molar-refractivity contribution in [2.75, 3.05) is 0 Å². The summed E-state index contributed by atoms with van der Waals surface area (Å²) in [5, 5.41) is 4.52. The van der Waals surface area contributed by atoms with Crippen LogP contribution in [0.3, 0.4) is 0 Å². The van der Waals surface area contributed by atoms with Crippen LogP contribution in [0.15, 0.2) is 68.8 Å². The number of ether oxygens (including phenoxy) is 1. The van der Waals surface area contributed by atoms with Crippen LogP contribution in [0, 0.1) is 0 Å². The monoisotopic (exact) mass is 480 g/mol. The third-order valence-corrected chi connectivity index (χ3v) is 4.48. The van der Waals surface area contributed by atoms with Gasteiger partial charge in [0.2, 0.25) is 5.76 Å². The van der Waals surface area contributed by atoms with Crippen molar-refractivity contribution in [1.29, 1.82) is 0 Å². The van der Waals surface area contributed by atoms with Crippen molar-refractivity contribution in [2.45, 2.75) is 0 Å². The maximum absolute atomic E-state index is 12.2. The van der Waals surface area contributed by atoms with E-state index in [1.54, 1.807) is 30.3 Å². The fourth-order valence-corrected chi connectivity index (χ4v) is 3.03. The highest BCUT2D eigenvalue weighted by atomic mass is 79.9. The largest absolute Gasteiger partial charge is 0.457 e. The van der Waals surface area contributed by atoms with E-state index in [-0.39, 0.29) is 22.1 Å². The summed E-state index contributed by atoms with van der Waals surface area (Å²) in [4.78, 5) is 24.3. The van der Waals surface area contributed by atoms with Gasteiger partial charge < -0.3 is 9.15 Å². The van der Waals surface area contributed by atoms with Gasteiger partial charge in [0.1, 0.15) is 5.75 Å². The van der Waals surface area contributed by atoms with Gasteiger partial charge in [-0.05, 0) is 48.5 Å². The van der Waals surface area contributed by atoms with E-state index < -0.39 is 11.9 Å². The molecule has 2 aromatic carbocycles. The van der Waals surface area contributed by atoms with E-state index in [0.717, 1.165) is 4.47 Å². The summed E-state index contributed by atoms with van der Waals surface area (Å²) >= 11 is 15.2. The molecule has 142 valence electrons. The number of furan rings is 1. The number of nitrogens with one attached hydrogen (secondary N) is 1. The van der Waals surface area contributed by atoms with Crippen LogP contribution in [0.4, 0.5) is 0 Å². The molecule has 1 N–H and O–H groups in total. The Morgan fingerprint density at radius 3 is 2.68 bits per heavy atom. The van der Waals surface area contributed by atoms with Gasteiger partial charge in [-0.1, -0.05) is 39.1 Å². The maximum atomic E-state index is 12.2. The van der Waals surface area contributed by atoms with Gasteiger partial charge in [-0.25, -0.2) is 10.2 Å². The van der Waals surface area contributed by atoms with Crippen LogP contribution in [0.5, 0.6) is 5.75 Å². The lowest BCUT2D eigenvalue weighted by molar-refractivity contribution is 0.0701. The number of rotatable bonds is 5. The molecule has 0 saturated carbocycles. The average molecular weight is 482 g/mol. The minimum atomic E-state index is -0.654. The summed E-state index contributed by atoms with van der Waals surface area (Å²) in [5.41, 5.74) is 3.04. The lowest BCUT2D eigenvalue weighted by atomic mass is 10.2. The van der Waals surface area contributed by atoms with E-state index in [0.29, 0.717) is 10.6 Å². The third kappa shape index (κ3) is 5.01. The van der Waals surface area contributed by atoms with Gasteiger partial charge in [0, 0.05) is 15.1 Å². The van der Waals surface area contributed by atoms with Crippen molar-refractivity contribution in [3.8, 4) is 5.75 Å². The second kappa shape index (κ2) is 9.05. The number of hydrazone groups is 1. The molecule has 0 atom stereocenters. The molecule has 0 aliphatic heterocycles. The Morgan fingerprint density at radius 2 is 1.96 bits per heavy atom. The highest BCUT2D eigenvalue weighted by molar-refractivity contribution is 9.10. The Labute approximate surface area is 178 Å². The molecule has 1 aromatic heterocycles. The van der Waals surface area contributed by atoms with Crippen molar-refractivity contribution in [3.63, 3.8) is 0 Å². The van der Waals surface area contributed by atoms with E-state index in [2.05, 4.69) is 26.5 Å². The fourth-order valence-electron chi connectivity index (χ4n) is 2.15. The van der Waals surface area contributed by atoms with E-state index in [9.17, 15) is 9.59 Å². The molecule has 0 radical (unpaired) electrons. The molecular formula is C19H11BrCl2N2O4. The van der Waals surface area contributed by atoms with Crippen LogP contribution in [-0.2, 0) is 0 Å². The van der Waals surface area contributed by atoms with Crippen molar-refractivity contribution in [1.82, 2.24) is 5.43 Å². The molecule has 6 nitrogen and oxygen atoms in total. The van der Waals surface area contributed by atoms with Gasteiger partial charge in [-0.2, -0.15) is 5.10 Å². The van der Waals surface area contributed by atoms with Gasteiger partial charge in [0.15, 0.2) is 0 Å². The lowest BCUT2D eigenvalue weighted by Gasteiger charge is -2.07. The molecule has 1 heterocycles. The van der Waals surface area contributed by atoms with E-state index >= 15 is 0 Å². The van der Waals surface area contributed by atoms with Crippen LogP contribution >= 0.6 is 39.1 Å². The van der Waals surface area contributed by atoms with Gasteiger partial charge >= 0.3 is 5.97 Å². The minimum absolute atomic E-state index is 0.0662. The molecule has 0 aliphatic rings. The number of carbonyl (C=O) groups excluding carboxylic acids is 2.